The number of carbonyl (C=O) groups is 1. The maximum Gasteiger partial charge on any atom is 0.303 e. The average molecular weight is 262 g/mol. The highest BCUT2D eigenvalue weighted by Gasteiger charge is 2.42. The lowest BCUT2D eigenvalue weighted by atomic mass is 9.61. The highest BCUT2D eigenvalue weighted by Crippen LogP contribution is 2.51. The number of carbonyl (C=O) groups excluding carboxylic acids is 1. The van der Waals surface area contributed by atoms with Crippen LogP contribution in [-0.2, 0) is 9.53 Å². The third-order valence-electron chi connectivity index (χ3n) is 4.77. The zero-order chi connectivity index (χ0) is 14.2. The van der Waals surface area contributed by atoms with Crippen LogP contribution in [-0.4, -0.2) is 12.1 Å². The summed E-state index contributed by atoms with van der Waals surface area (Å²) in [6.45, 7) is 10.4. The highest BCUT2D eigenvalue weighted by molar-refractivity contribution is 5.67. The average Bonchev–Trinajstić information content (AvgIpc) is 2.26. The Kier molecular flexibility index (Phi) is 3.89. The molecule has 2 aliphatic rings. The molecule has 1 saturated carbocycles. The van der Waals surface area contributed by atoms with E-state index >= 15 is 0 Å². The summed E-state index contributed by atoms with van der Waals surface area (Å²) in [4.78, 5) is 11.3. The summed E-state index contributed by atoms with van der Waals surface area (Å²) < 4.78 is 5.57. The SMILES string of the molecule is CC(=O)OC1CC2(C)CCCC(C)C2=CC1=C(C)C. The lowest BCUT2D eigenvalue weighted by Gasteiger charge is -2.46. The van der Waals surface area contributed by atoms with Gasteiger partial charge in [-0.05, 0) is 50.0 Å². The molecule has 0 heterocycles. The van der Waals surface area contributed by atoms with Crippen molar-refractivity contribution in [1.82, 2.24) is 0 Å². The fourth-order valence-corrected chi connectivity index (χ4v) is 3.78. The van der Waals surface area contributed by atoms with Crippen molar-refractivity contribution in [2.45, 2.75) is 66.4 Å². The third kappa shape index (κ3) is 2.77. The van der Waals surface area contributed by atoms with E-state index in [1.807, 2.05) is 0 Å². The lowest BCUT2D eigenvalue weighted by molar-refractivity contribution is -0.146. The zero-order valence-corrected chi connectivity index (χ0v) is 12.9. The van der Waals surface area contributed by atoms with Crippen molar-refractivity contribution in [1.29, 1.82) is 0 Å². The normalized spacial score (nSPS) is 34.4. The van der Waals surface area contributed by atoms with Crippen molar-refractivity contribution in [3.8, 4) is 0 Å². The maximum absolute atomic E-state index is 11.3. The first kappa shape index (κ1) is 14.4. The van der Waals surface area contributed by atoms with E-state index < -0.39 is 0 Å². The second-order valence-electron chi connectivity index (χ2n) is 6.71. The molecule has 0 N–H and O–H groups in total. The fraction of sp³-hybridized carbons (Fsp3) is 0.706. The van der Waals surface area contributed by atoms with E-state index in [0.717, 1.165) is 6.42 Å². The monoisotopic (exact) mass is 262 g/mol. The van der Waals surface area contributed by atoms with Gasteiger partial charge in [0, 0.05) is 6.92 Å². The van der Waals surface area contributed by atoms with Crippen LogP contribution in [0.25, 0.3) is 0 Å². The summed E-state index contributed by atoms with van der Waals surface area (Å²) in [6.07, 6.45) is 7.01. The van der Waals surface area contributed by atoms with Gasteiger partial charge in [-0.2, -0.15) is 0 Å². The van der Waals surface area contributed by atoms with Crippen LogP contribution in [0.5, 0.6) is 0 Å². The number of hydrogen-bond donors (Lipinski definition) is 0. The summed E-state index contributed by atoms with van der Waals surface area (Å²) in [6, 6.07) is 0. The minimum absolute atomic E-state index is 0.0541. The summed E-state index contributed by atoms with van der Waals surface area (Å²) >= 11 is 0. The molecule has 3 atom stereocenters. The quantitative estimate of drug-likeness (QED) is 0.654. The van der Waals surface area contributed by atoms with E-state index in [1.165, 1.54) is 37.3 Å². The van der Waals surface area contributed by atoms with Crippen LogP contribution in [0.2, 0.25) is 0 Å². The molecular formula is C17H26O2. The molecule has 2 rings (SSSR count). The van der Waals surface area contributed by atoms with Crippen molar-refractivity contribution >= 4 is 5.97 Å². The highest BCUT2D eigenvalue weighted by atomic mass is 16.5. The molecule has 0 aliphatic heterocycles. The van der Waals surface area contributed by atoms with Gasteiger partial charge in [-0.15, -0.1) is 0 Å². The van der Waals surface area contributed by atoms with E-state index in [1.54, 1.807) is 5.57 Å². The Balaban J connectivity index is 2.42. The van der Waals surface area contributed by atoms with Gasteiger partial charge >= 0.3 is 5.97 Å². The van der Waals surface area contributed by atoms with E-state index in [0.29, 0.717) is 5.92 Å². The summed E-state index contributed by atoms with van der Waals surface area (Å²) in [5, 5.41) is 0. The second-order valence-corrected chi connectivity index (χ2v) is 6.71. The topological polar surface area (TPSA) is 26.3 Å². The van der Waals surface area contributed by atoms with Gasteiger partial charge in [0.05, 0.1) is 0 Å². The third-order valence-corrected chi connectivity index (χ3v) is 4.77. The Bertz CT molecular complexity index is 440. The maximum atomic E-state index is 11.3. The van der Waals surface area contributed by atoms with Crippen molar-refractivity contribution in [3.63, 3.8) is 0 Å². The predicted molar refractivity (Wildman–Crippen MR) is 77.8 cm³/mol. The largest absolute Gasteiger partial charge is 0.458 e. The van der Waals surface area contributed by atoms with Crippen LogP contribution in [0.15, 0.2) is 22.8 Å². The van der Waals surface area contributed by atoms with Gasteiger partial charge in [0.1, 0.15) is 6.10 Å². The number of esters is 1. The molecule has 0 bridgehead atoms. The van der Waals surface area contributed by atoms with Gasteiger partial charge in [-0.3, -0.25) is 4.79 Å². The Hall–Kier alpha value is -1.05. The van der Waals surface area contributed by atoms with Crippen LogP contribution in [0, 0.1) is 11.3 Å². The van der Waals surface area contributed by atoms with E-state index in [2.05, 4.69) is 33.8 Å². The van der Waals surface area contributed by atoms with Crippen LogP contribution in [0.1, 0.15) is 60.3 Å². The first-order chi connectivity index (χ1) is 8.83. The molecule has 0 aromatic rings. The molecule has 106 valence electrons. The van der Waals surface area contributed by atoms with Gasteiger partial charge in [0.2, 0.25) is 0 Å². The molecule has 19 heavy (non-hydrogen) atoms. The van der Waals surface area contributed by atoms with Crippen molar-refractivity contribution in [3.05, 3.63) is 22.8 Å². The summed E-state index contributed by atoms with van der Waals surface area (Å²) in [7, 11) is 0. The first-order valence-electron chi connectivity index (χ1n) is 7.40. The Morgan fingerprint density at radius 1 is 1.37 bits per heavy atom. The summed E-state index contributed by atoms with van der Waals surface area (Å²) in [5.74, 6) is 0.486. The van der Waals surface area contributed by atoms with E-state index in [9.17, 15) is 4.79 Å². The van der Waals surface area contributed by atoms with Gasteiger partial charge in [-0.25, -0.2) is 0 Å². The van der Waals surface area contributed by atoms with Crippen LogP contribution < -0.4 is 0 Å². The van der Waals surface area contributed by atoms with E-state index in [-0.39, 0.29) is 17.5 Å². The molecule has 0 radical (unpaired) electrons. The zero-order valence-electron chi connectivity index (χ0n) is 12.9. The van der Waals surface area contributed by atoms with Crippen molar-refractivity contribution < 1.29 is 9.53 Å². The van der Waals surface area contributed by atoms with Crippen LogP contribution in [0.3, 0.4) is 0 Å². The van der Waals surface area contributed by atoms with Gasteiger partial charge in [0.25, 0.3) is 0 Å². The molecule has 1 fully saturated rings. The summed E-state index contributed by atoms with van der Waals surface area (Å²) in [5.41, 5.74) is 4.27. The van der Waals surface area contributed by atoms with Gasteiger partial charge in [-0.1, -0.05) is 37.5 Å². The number of ether oxygens (including phenoxy) is 1. The predicted octanol–water partition coefficient (Wildman–Crippen LogP) is 4.41. The Morgan fingerprint density at radius 2 is 2.05 bits per heavy atom. The number of rotatable bonds is 1. The Morgan fingerprint density at radius 3 is 2.63 bits per heavy atom. The number of fused-ring (bicyclic) bond motifs is 1. The first-order valence-corrected chi connectivity index (χ1v) is 7.40. The number of allylic oxidation sites excluding steroid dienone is 2. The van der Waals surface area contributed by atoms with Crippen molar-refractivity contribution in [2.24, 2.45) is 11.3 Å². The molecule has 0 amide bonds. The molecule has 0 saturated heterocycles. The Labute approximate surface area is 116 Å². The molecule has 2 nitrogen and oxygen atoms in total. The lowest BCUT2D eigenvalue weighted by Crippen LogP contribution is -2.38. The van der Waals surface area contributed by atoms with Gasteiger partial charge in [0.15, 0.2) is 0 Å². The molecule has 0 aromatic carbocycles. The minimum atomic E-state index is -0.173. The molecular weight excluding hydrogens is 236 g/mol. The molecule has 2 heteroatoms. The standard InChI is InChI=1S/C17H26O2/c1-11(2)14-9-15-12(3)7-6-8-17(15,5)10-16(14)19-13(4)18/h9,12,16H,6-8,10H2,1-5H3. The molecule has 0 aromatic heterocycles. The molecule has 2 aliphatic carbocycles. The molecule has 3 unspecified atom stereocenters. The van der Waals surface area contributed by atoms with Crippen LogP contribution >= 0.6 is 0 Å². The number of hydrogen-bond acceptors (Lipinski definition) is 2. The molecule has 0 spiro atoms. The van der Waals surface area contributed by atoms with E-state index in [4.69, 9.17) is 4.74 Å². The van der Waals surface area contributed by atoms with Gasteiger partial charge < -0.3 is 4.74 Å². The smallest absolute Gasteiger partial charge is 0.303 e. The van der Waals surface area contributed by atoms with Crippen LogP contribution in [0.4, 0.5) is 0 Å². The fourth-order valence-electron chi connectivity index (χ4n) is 3.78. The minimum Gasteiger partial charge on any atom is -0.458 e. The second kappa shape index (κ2) is 5.15. The van der Waals surface area contributed by atoms with Crippen molar-refractivity contribution in [2.75, 3.05) is 0 Å².